The summed E-state index contributed by atoms with van der Waals surface area (Å²) in [5, 5.41) is 9.81. The molecule has 0 aliphatic carbocycles. The maximum Gasteiger partial charge on any atom is 0.143 e. The molecule has 0 aromatic heterocycles. The summed E-state index contributed by atoms with van der Waals surface area (Å²) in [5.74, 6) is -0.333. The van der Waals surface area contributed by atoms with E-state index in [2.05, 4.69) is 15.9 Å². The minimum atomic E-state index is -0.765. The topological polar surface area (TPSA) is 20.2 Å². The Hall–Kier alpha value is 0.320. The molecule has 0 saturated carbocycles. The summed E-state index contributed by atoms with van der Waals surface area (Å²) < 4.78 is 14.8. The molecule has 0 heterocycles. The molecule has 4 heteroatoms. The second-order valence-corrected chi connectivity index (χ2v) is 5.46. The minimum absolute atomic E-state index is 0.000926. The SMILES string of the molecule is CC(C)C(O)c1c(Br)ccc(I)c1F. The second kappa shape index (κ2) is 4.90. The summed E-state index contributed by atoms with van der Waals surface area (Å²) >= 11 is 5.16. The monoisotopic (exact) mass is 372 g/mol. The van der Waals surface area contributed by atoms with Gasteiger partial charge in [0.2, 0.25) is 0 Å². The van der Waals surface area contributed by atoms with Crippen LogP contribution >= 0.6 is 38.5 Å². The van der Waals surface area contributed by atoms with Crippen molar-refractivity contribution in [2.45, 2.75) is 20.0 Å². The van der Waals surface area contributed by atoms with Crippen LogP contribution in [-0.4, -0.2) is 5.11 Å². The average molecular weight is 373 g/mol. The highest BCUT2D eigenvalue weighted by molar-refractivity contribution is 14.1. The highest BCUT2D eigenvalue weighted by Gasteiger charge is 2.20. The molecule has 0 amide bonds. The van der Waals surface area contributed by atoms with Crippen molar-refractivity contribution in [1.82, 2.24) is 0 Å². The lowest BCUT2D eigenvalue weighted by molar-refractivity contribution is 0.122. The Morgan fingerprint density at radius 3 is 2.50 bits per heavy atom. The highest BCUT2D eigenvalue weighted by atomic mass is 127. The summed E-state index contributed by atoms with van der Waals surface area (Å²) in [6.07, 6.45) is -0.765. The first-order valence-electron chi connectivity index (χ1n) is 4.26. The van der Waals surface area contributed by atoms with E-state index in [0.717, 1.165) is 0 Å². The normalized spacial score (nSPS) is 13.4. The number of hydrogen-bond acceptors (Lipinski definition) is 1. The first-order valence-corrected chi connectivity index (χ1v) is 6.13. The van der Waals surface area contributed by atoms with Crippen LogP contribution < -0.4 is 0 Å². The Bertz CT molecular complexity index is 341. The van der Waals surface area contributed by atoms with Crippen LogP contribution in [0.4, 0.5) is 4.39 Å². The lowest BCUT2D eigenvalue weighted by Gasteiger charge is -2.17. The molecule has 0 bridgehead atoms. The molecule has 0 aliphatic rings. The van der Waals surface area contributed by atoms with E-state index >= 15 is 0 Å². The molecule has 1 aromatic carbocycles. The lowest BCUT2D eigenvalue weighted by atomic mass is 9.99. The van der Waals surface area contributed by atoms with E-state index in [4.69, 9.17) is 0 Å². The maximum atomic E-state index is 13.7. The van der Waals surface area contributed by atoms with Crippen LogP contribution in [0.25, 0.3) is 0 Å². The van der Waals surface area contributed by atoms with E-state index in [1.807, 2.05) is 36.4 Å². The fourth-order valence-corrected chi connectivity index (χ4v) is 2.16. The van der Waals surface area contributed by atoms with Crippen LogP contribution in [-0.2, 0) is 0 Å². The molecule has 78 valence electrons. The summed E-state index contributed by atoms with van der Waals surface area (Å²) in [6, 6.07) is 3.43. The summed E-state index contributed by atoms with van der Waals surface area (Å²) in [5.41, 5.74) is 0.354. The third kappa shape index (κ3) is 2.46. The third-order valence-corrected chi connectivity index (χ3v) is 3.53. The van der Waals surface area contributed by atoms with Gasteiger partial charge in [0.25, 0.3) is 0 Å². The van der Waals surface area contributed by atoms with Gasteiger partial charge in [-0.3, -0.25) is 0 Å². The Morgan fingerprint density at radius 2 is 2.00 bits per heavy atom. The van der Waals surface area contributed by atoms with E-state index in [0.29, 0.717) is 13.6 Å². The standard InChI is InChI=1S/C10H11BrFIO/c1-5(2)10(14)8-6(11)3-4-7(13)9(8)12/h3-5,10,14H,1-2H3. The molecule has 0 radical (unpaired) electrons. The van der Waals surface area contributed by atoms with Crippen molar-refractivity contribution in [3.63, 3.8) is 0 Å². The maximum absolute atomic E-state index is 13.7. The van der Waals surface area contributed by atoms with Crippen LogP contribution in [0.3, 0.4) is 0 Å². The van der Waals surface area contributed by atoms with Gasteiger partial charge < -0.3 is 5.11 Å². The van der Waals surface area contributed by atoms with Crippen LogP contribution in [0.15, 0.2) is 16.6 Å². The molecule has 1 rings (SSSR count). The zero-order chi connectivity index (χ0) is 10.9. The molecule has 0 spiro atoms. The number of rotatable bonds is 2. The smallest absolute Gasteiger partial charge is 0.143 e. The van der Waals surface area contributed by atoms with Crippen molar-refractivity contribution in [2.75, 3.05) is 0 Å². The molecule has 1 aromatic rings. The van der Waals surface area contributed by atoms with Crippen LogP contribution in [0, 0.1) is 15.3 Å². The van der Waals surface area contributed by atoms with Crippen LogP contribution in [0.1, 0.15) is 25.5 Å². The number of aliphatic hydroxyl groups is 1. The largest absolute Gasteiger partial charge is 0.388 e. The molecule has 14 heavy (non-hydrogen) atoms. The summed E-state index contributed by atoms with van der Waals surface area (Å²) in [6.45, 7) is 3.72. The van der Waals surface area contributed by atoms with Gasteiger partial charge in [-0.2, -0.15) is 0 Å². The second-order valence-electron chi connectivity index (χ2n) is 3.45. The molecule has 1 unspecified atom stereocenters. The summed E-state index contributed by atoms with van der Waals surface area (Å²) in [4.78, 5) is 0. The van der Waals surface area contributed by atoms with Crippen molar-refractivity contribution in [1.29, 1.82) is 0 Å². The molecular weight excluding hydrogens is 362 g/mol. The first-order chi connectivity index (χ1) is 6.45. The Morgan fingerprint density at radius 1 is 1.43 bits per heavy atom. The summed E-state index contributed by atoms with van der Waals surface area (Å²) in [7, 11) is 0. The molecule has 0 saturated heterocycles. The Kier molecular flexibility index (Phi) is 4.33. The van der Waals surface area contributed by atoms with Crippen LogP contribution in [0.5, 0.6) is 0 Å². The van der Waals surface area contributed by atoms with Crippen LogP contribution in [0.2, 0.25) is 0 Å². The fraction of sp³-hybridized carbons (Fsp3) is 0.400. The van der Waals surface area contributed by atoms with Gasteiger partial charge in [0.1, 0.15) is 5.82 Å². The zero-order valence-corrected chi connectivity index (χ0v) is 11.6. The highest BCUT2D eigenvalue weighted by Crippen LogP contribution is 2.32. The van der Waals surface area contributed by atoms with Crippen molar-refractivity contribution >= 4 is 38.5 Å². The predicted octanol–water partition coefficient (Wildman–Crippen LogP) is 3.88. The molecule has 1 atom stereocenters. The van der Waals surface area contributed by atoms with Gasteiger partial charge >= 0.3 is 0 Å². The number of benzene rings is 1. The van der Waals surface area contributed by atoms with Crippen molar-refractivity contribution < 1.29 is 9.50 Å². The van der Waals surface area contributed by atoms with Gasteiger partial charge in [0.05, 0.1) is 6.10 Å². The van der Waals surface area contributed by atoms with Crippen molar-refractivity contribution in [3.8, 4) is 0 Å². The van der Waals surface area contributed by atoms with E-state index in [1.54, 1.807) is 12.1 Å². The molecule has 1 nitrogen and oxygen atoms in total. The third-order valence-electron chi connectivity index (χ3n) is 2.01. The quantitative estimate of drug-likeness (QED) is 0.617. The van der Waals surface area contributed by atoms with Crippen molar-refractivity contribution in [3.05, 3.63) is 31.6 Å². The van der Waals surface area contributed by atoms with E-state index in [-0.39, 0.29) is 11.7 Å². The van der Waals surface area contributed by atoms with Gasteiger partial charge in [-0.05, 0) is 40.6 Å². The minimum Gasteiger partial charge on any atom is -0.388 e. The van der Waals surface area contributed by atoms with Gasteiger partial charge in [-0.1, -0.05) is 29.8 Å². The van der Waals surface area contributed by atoms with E-state index in [1.165, 1.54) is 0 Å². The number of halogens is 3. The predicted molar refractivity (Wildman–Crippen MR) is 66.6 cm³/mol. The van der Waals surface area contributed by atoms with Gasteiger partial charge in [-0.15, -0.1) is 0 Å². The lowest BCUT2D eigenvalue weighted by Crippen LogP contribution is -2.09. The first kappa shape index (κ1) is 12.4. The van der Waals surface area contributed by atoms with E-state index in [9.17, 15) is 9.50 Å². The molecule has 0 aliphatic heterocycles. The van der Waals surface area contributed by atoms with Gasteiger partial charge in [-0.25, -0.2) is 4.39 Å². The number of aliphatic hydroxyl groups excluding tert-OH is 1. The Balaban J connectivity index is 3.25. The van der Waals surface area contributed by atoms with Gasteiger partial charge in [0, 0.05) is 13.6 Å². The average Bonchev–Trinajstić information content (AvgIpc) is 2.12. The number of hydrogen-bond donors (Lipinski definition) is 1. The molecular formula is C10H11BrFIO. The zero-order valence-electron chi connectivity index (χ0n) is 7.89. The van der Waals surface area contributed by atoms with Crippen molar-refractivity contribution in [2.24, 2.45) is 5.92 Å². The fourth-order valence-electron chi connectivity index (χ4n) is 1.15. The molecule has 1 N–H and O–H groups in total. The Labute approximate surface area is 105 Å². The van der Waals surface area contributed by atoms with Gasteiger partial charge in [0.15, 0.2) is 0 Å². The molecule has 0 fully saturated rings. The van der Waals surface area contributed by atoms with E-state index < -0.39 is 6.10 Å².